The minimum Gasteiger partial charge on any atom is -1.00 e. The molecular weight excluding hydrogens is 334 g/mol. The number of fused-ring (bicyclic) bond motifs is 2. The third kappa shape index (κ3) is 3.44. The first kappa shape index (κ1) is 17.2. The Morgan fingerprint density at radius 2 is 1.23 bits per heavy atom. The van der Waals surface area contributed by atoms with Gasteiger partial charge in [-0.15, -0.1) is 0 Å². The van der Waals surface area contributed by atoms with Gasteiger partial charge < -0.3 is 17.0 Å². The summed E-state index contributed by atoms with van der Waals surface area (Å²) < 4.78 is 1.05. The van der Waals surface area contributed by atoms with Crippen molar-refractivity contribution in [2.24, 2.45) is 0 Å². The lowest BCUT2D eigenvalue weighted by atomic mass is 10.1. The molecule has 0 N–H and O–H groups in total. The van der Waals surface area contributed by atoms with Gasteiger partial charge in [-0.2, -0.15) is 0 Å². The Morgan fingerprint density at radius 1 is 0.773 bits per heavy atom. The molecule has 2 heteroatoms. The summed E-state index contributed by atoms with van der Waals surface area (Å²) >= 11 is 0. The zero-order valence-electron chi connectivity index (χ0n) is 13.7. The number of unbranched alkanes of at least 4 members (excludes halogenated alkanes) is 2. The van der Waals surface area contributed by atoms with Gasteiger partial charge in [0.15, 0.2) is 0 Å². The summed E-state index contributed by atoms with van der Waals surface area (Å²) in [5.41, 5.74) is 0. The van der Waals surface area contributed by atoms with Crippen molar-refractivity contribution in [3.8, 4) is 0 Å². The maximum Gasteiger partial charge on any atom is 0.109 e. The van der Waals surface area contributed by atoms with Crippen LogP contribution in [0.5, 0.6) is 0 Å². The molecule has 0 unspecified atom stereocenters. The van der Waals surface area contributed by atoms with Gasteiger partial charge in [0.25, 0.3) is 0 Å². The SMILES string of the molecule is CCCC[N+]1(CCCC)C=c2cc3ccccc3cc2=C1.[Br-]. The van der Waals surface area contributed by atoms with Crippen molar-refractivity contribution in [3.05, 3.63) is 46.8 Å². The van der Waals surface area contributed by atoms with Gasteiger partial charge in [0, 0.05) is 10.4 Å². The number of halogens is 1. The molecule has 0 aromatic heterocycles. The lowest BCUT2D eigenvalue weighted by molar-refractivity contribution is -0.770. The molecule has 0 spiro atoms. The van der Waals surface area contributed by atoms with Crippen molar-refractivity contribution < 1.29 is 21.5 Å². The van der Waals surface area contributed by atoms with E-state index < -0.39 is 0 Å². The highest BCUT2D eigenvalue weighted by Gasteiger charge is 2.25. The Balaban J connectivity index is 0.00000176. The summed E-state index contributed by atoms with van der Waals surface area (Å²) in [6.45, 7) is 7.05. The van der Waals surface area contributed by atoms with Crippen LogP contribution in [0, 0.1) is 0 Å². The number of quaternary nitrogens is 1. The van der Waals surface area contributed by atoms with E-state index in [0.717, 1.165) is 4.48 Å². The van der Waals surface area contributed by atoms with Crippen molar-refractivity contribution in [3.63, 3.8) is 0 Å². The van der Waals surface area contributed by atoms with Crippen molar-refractivity contribution in [1.29, 1.82) is 0 Å². The van der Waals surface area contributed by atoms with E-state index in [2.05, 4.69) is 62.6 Å². The fraction of sp³-hybridized carbons (Fsp3) is 0.400. The molecule has 0 fully saturated rings. The monoisotopic (exact) mass is 359 g/mol. The number of benzene rings is 2. The molecule has 0 bridgehead atoms. The van der Waals surface area contributed by atoms with Gasteiger partial charge in [-0.3, -0.25) is 4.48 Å². The van der Waals surface area contributed by atoms with Gasteiger partial charge in [-0.25, -0.2) is 0 Å². The average molecular weight is 360 g/mol. The molecule has 2 aromatic carbocycles. The summed E-state index contributed by atoms with van der Waals surface area (Å²) in [6.07, 6.45) is 10.1. The second kappa shape index (κ2) is 7.43. The first-order valence-corrected chi connectivity index (χ1v) is 8.37. The van der Waals surface area contributed by atoms with Crippen LogP contribution in [-0.4, -0.2) is 17.6 Å². The largest absolute Gasteiger partial charge is 1.00 e. The molecule has 22 heavy (non-hydrogen) atoms. The normalized spacial score (nSPS) is 14.8. The predicted octanol–water partition coefficient (Wildman–Crippen LogP) is 0.750. The van der Waals surface area contributed by atoms with Gasteiger partial charge in [0.1, 0.15) is 12.4 Å². The maximum atomic E-state index is 2.49. The molecule has 0 amide bonds. The Labute approximate surface area is 144 Å². The molecule has 2 aromatic rings. The minimum atomic E-state index is 0. The molecule has 3 rings (SSSR count). The zero-order chi connectivity index (χ0) is 14.7. The van der Waals surface area contributed by atoms with Crippen molar-refractivity contribution in [1.82, 2.24) is 0 Å². The van der Waals surface area contributed by atoms with Gasteiger partial charge in [-0.1, -0.05) is 51.0 Å². The average Bonchev–Trinajstić information content (AvgIpc) is 2.86. The highest BCUT2D eigenvalue weighted by Crippen LogP contribution is 2.18. The quantitative estimate of drug-likeness (QED) is 0.667. The predicted molar refractivity (Wildman–Crippen MR) is 91.9 cm³/mol. The molecule has 0 aliphatic carbocycles. The van der Waals surface area contributed by atoms with Crippen molar-refractivity contribution in [2.75, 3.05) is 13.1 Å². The summed E-state index contributed by atoms with van der Waals surface area (Å²) in [5.74, 6) is 0. The second-order valence-corrected chi connectivity index (χ2v) is 6.34. The van der Waals surface area contributed by atoms with Crippen LogP contribution < -0.4 is 27.4 Å². The van der Waals surface area contributed by atoms with E-state index in [1.54, 1.807) is 0 Å². The standard InChI is InChI=1S/C20H26N.BrH/c1-3-5-11-21(12-6-4-2)15-19-13-17-9-7-8-10-18(17)14-20(19)16-21;/h7-10,13-16H,3-6,11-12H2,1-2H3;1H/q+1;/p-1. The van der Waals surface area contributed by atoms with Crippen molar-refractivity contribution >= 4 is 23.2 Å². The first-order chi connectivity index (χ1) is 10.3. The highest BCUT2D eigenvalue weighted by molar-refractivity contribution is 5.82. The smallest absolute Gasteiger partial charge is 0.109 e. The zero-order valence-corrected chi connectivity index (χ0v) is 15.3. The summed E-state index contributed by atoms with van der Waals surface area (Å²) in [5, 5.41) is 5.54. The van der Waals surface area contributed by atoms with E-state index in [-0.39, 0.29) is 17.0 Å². The third-order valence-corrected chi connectivity index (χ3v) is 4.60. The molecule has 0 atom stereocenters. The van der Waals surface area contributed by atoms with E-state index in [4.69, 9.17) is 0 Å². The Kier molecular flexibility index (Phi) is 5.82. The van der Waals surface area contributed by atoms with E-state index >= 15 is 0 Å². The summed E-state index contributed by atoms with van der Waals surface area (Å²) in [7, 11) is 0. The van der Waals surface area contributed by atoms with Gasteiger partial charge in [-0.05, 0) is 35.7 Å². The van der Waals surface area contributed by atoms with Crippen LogP contribution in [0.25, 0.3) is 23.2 Å². The van der Waals surface area contributed by atoms with Crippen LogP contribution in [0.1, 0.15) is 39.5 Å². The van der Waals surface area contributed by atoms with Crippen LogP contribution in [0.2, 0.25) is 0 Å². The number of hydrogen-bond donors (Lipinski definition) is 0. The fourth-order valence-electron chi connectivity index (χ4n) is 3.37. The molecule has 118 valence electrons. The molecule has 0 saturated carbocycles. The minimum absolute atomic E-state index is 0. The van der Waals surface area contributed by atoms with E-state index in [0.29, 0.717) is 0 Å². The molecule has 1 aliphatic rings. The second-order valence-electron chi connectivity index (χ2n) is 6.34. The van der Waals surface area contributed by atoms with Gasteiger partial charge in [0.05, 0.1) is 13.1 Å². The Morgan fingerprint density at radius 3 is 1.64 bits per heavy atom. The Bertz CT molecular complexity index is 683. The maximum absolute atomic E-state index is 2.49. The van der Waals surface area contributed by atoms with Gasteiger partial charge in [0.2, 0.25) is 0 Å². The third-order valence-electron chi connectivity index (χ3n) is 4.60. The molecular formula is C20H26BrN. The molecule has 0 saturated heterocycles. The van der Waals surface area contributed by atoms with Crippen LogP contribution in [-0.2, 0) is 0 Å². The van der Waals surface area contributed by atoms with Gasteiger partial charge >= 0.3 is 0 Å². The Hall–Kier alpha value is -1.12. The summed E-state index contributed by atoms with van der Waals surface area (Å²) in [6, 6.07) is 13.4. The van der Waals surface area contributed by atoms with Crippen molar-refractivity contribution in [2.45, 2.75) is 39.5 Å². The summed E-state index contributed by atoms with van der Waals surface area (Å²) in [4.78, 5) is 0. The number of nitrogens with zero attached hydrogens (tertiary/aromatic N) is 1. The number of hydrogen-bond acceptors (Lipinski definition) is 0. The lowest BCUT2D eigenvalue weighted by Crippen LogP contribution is -3.00. The lowest BCUT2D eigenvalue weighted by Gasteiger charge is -2.29. The molecule has 1 aliphatic heterocycles. The molecule has 1 heterocycles. The fourth-order valence-corrected chi connectivity index (χ4v) is 3.37. The highest BCUT2D eigenvalue weighted by atomic mass is 79.9. The van der Waals surface area contributed by atoms with E-state index in [9.17, 15) is 0 Å². The first-order valence-electron chi connectivity index (χ1n) is 8.37. The van der Waals surface area contributed by atoms with E-state index in [1.165, 1.54) is 60.0 Å². The number of rotatable bonds is 6. The van der Waals surface area contributed by atoms with Crippen LogP contribution in [0.4, 0.5) is 0 Å². The van der Waals surface area contributed by atoms with Crippen LogP contribution >= 0.6 is 0 Å². The van der Waals surface area contributed by atoms with Crippen LogP contribution in [0.15, 0.2) is 36.4 Å². The topological polar surface area (TPSA) is 0 Å². The van der Waals surface area contributed by atoms with E-state index in [1.807, 2.05) is 0 Å². The molecule has 1 nitrogen and oxygen atoms in total. The van der Waals surface area contributed by atoms with Crippen LogP contribution in [0.3, 0.4) is 0 Å². The molecule has 0 radical (unpaired) electrons.